The Bertz CT molecular complexity index is 918. The summed E-state index contributed by atoms with van der Waals surface area (Å²) in [5.74, 6) is 0. The third-order valence-electron chi connectivity index (χ3n) is 6.37. The minimum absolute atomic E-state index is 0.627. The number of aryl methyl sites for hydroxylation is 4. The van der Waals surface area contributed by atoms with E-state index in [0.717, 1.165) is 7.35 Å². The zero-order chi connectivity index (χ0) is 19.1. The van der Waals surface area contributed by atoms with Crippen LogP contribution in [0.25, 0.3) is 12.2 Å². The van der Waals surface area contributed by atoms with Crippen molar-refractivity contribution >= 4 is 18.4 Å². The molecule has 0 spiro atoms. The van der Waals surface area contributed by atoms with Gasteiger partial charge < -0.3 is 0 Å². The molecule has 0 nitrogen and oxygen atoms in total. The number of hydrogen-bond donors (Lipinski definition) is 0. The van der Waals surface area contributed by atoms with Gasteiger partial charge in [-0.2, -0.15) is 0 Å². The molecule has 0 aromatic heterocycles. The van der Waals surface area contributed by atoms with Gasteiger partial charge in [0.2, 0.25) is 0 Å². The van der Waals surface area contributed by atoms with Gasteiger partial charge in [-0.05, 0) is 0 Å². The first-order valence-electron chi connectivity index (χ1n) is 10.3. The molecule has 2 unspecified atom stereocenters. The summed E-state index contributed by atoms with van der Waals surface area (Å²) in [6.45, 7) is 11.6. The van der Waals surface area contributed by atoms with Crippen molar-refractivity contribution in [3.8, 4) is 0 Å². The fraction of sp³-hybridized carbons (Fsp3) is 0.360. The van der Waals surface area contributed by atoms with E-state index in [9.17, 15) is 0 Å². The Morgan fingerprint density at radius 2 is 1.19 bits per heavy atom. The number of allylic oxidation sites excluding steroid dienone is 2. The Labute approximate surface area is 173 Å². The van der Waals surface area contributed by atoms with Gasteiger partial charge in [-0.1, -0.05) is 0 Å². The Kier molecular flexibility index (Phi) is 5.58. The molecule has 2 aromatic carbocycles. The molecule has 27 heavy (non-hydrogen) atoms. The molecule has 2 aliphatic carbocycles. The maximum absolute atomic E-state index is 2.62. The molecular formula is C25H30HfSi. The van der Waals surface area contributed by atoms with Gasteiger partial charge in [-0.3, -0.25) is 0 Å². The van der Waals surface area contributed by atoms with Crippen LogP contribution < -0.4 is 0 Å². The zero-order valence-electron chi connectivity index (χ0n) is 17.3. The van der Waals surface area contributed by atoms with E-state index in [4.69, 9.17) is 0 Å². The first-order chi connectivity index (χ1) is 13.0. The molecule has 2 aromatic rings. The Balaban J connectivity index is 1.85. The Hall–Kier alpha value is -0.993. The van der Waals surface area contributed by atoms with E-state index >= 15 is 0 Å². The molecule has 0 saturated carbocycles. The second-order valence-corrected chi connectivity index (χ2v) is 27.1. The van der Waals surface area contributed by atoms with Crippen LogP contribution in [0.15, 0.2) is 36.4 Å². The molecule has 2 atom stereocenters. The first kappa shape index (κ1) is 19.3. The van der Waals surface area contributed by atoms with Gasteiger partial charge in [0, 0.05) is 0 Å². The van der Waals surface area contributed by atoms with Crippen LogP contribution in [-0.4, -0.2) is 6.22 Å². The van der Waals surface area contributed by atoms with E-state index in [0.29, 0.717) is 6.22 Å². The zero-order valence-corrected chi connectivity index (χ0v) is 22.0. The molecular weight excluding hydrogens is 507 g/mol. The number of fused-ring (bicyclic) bond motifs is 2. The third kappa shape index (κ3) is 3.33. The predicted molar refractivity (Wildman–Crippen MR) is 118 cm³/mol. The van der Waals surface area contributed by atoms with E-state index < -0.39 is 20.1 Å². The molecule has 138 valence electrons. The van der Waals surface area contributed by atoms with Crippen LogP contribution in [0.2, 0.25) is 6.04 Å². The molecule has 0 radical (unpaired) electrons. The van der Waals surface area contributed by atoms with Crippen molar-refractivity contribution in [2.24, 2.45) is 0 Å². The second kappa shape index (κ2) is 7.79. The molecule has 0 aliphatic heterocycles. The van der Waals surface area contributed by atoms with Crippen LogP contribution in [0.4, 0.5) is 0 Å². The molecule has 4 rings (SSSR count). The normalized spacial score (nSPS) is 19.3. The van der Waals surface area contributed by atoms with Gasteiger partial charge in [0.15, 0.2) is 0 Å². The van der Waals surface area contributed by atoms with Crippen molar-refractivity contribution in [1.82, 2.24) is 0 Å². The van der Waals surface area contributed by atoms with E-state index in [-0.39, 0.29) is 0 Å². The van der Waals surface area contributed by atoms with Crippen molar-refractivity contribution in [3.63, 3.8) is 0 Å². The average molecular weight is 537 g/mol. The summed E-state index contributed by atoms with van der Waals surface area (Å²) in [6.07, 6.45) is 12.1. The van der Waals surface area contributed by atoms with Gasteiger partial charge in [-0.25, -0.2) is 0 Å². The van der Waals surface area contributed by atoms with Gasteiger partial charge in [0.25, 0.3) is 0 Å². The number of hydrogen-bond acceptors (Lipinski definition) is 0. The van der Waals surface area contributed by atoms with Gasteiger partial charge in [0.05, 0.1) is 0 Å². The molecule has 0 N–H and O–H groups in total. The number of benzene rings is 2. The summed E-state index contributed by atoms with van der Waals surface area (Å²) >= 11 is -1.95. The van der Waals surface area contributed by atoms with Crippen molar-refractivity contribution in [2.45, 2.75) is 54.4 Å². The molecule has 0 heterocycles. The monoisotopic (exact) mass is 538 g/mol. The first-order valence-corrected chi connectivity index (χ1v) is 22.1. The molecule has 0 fully saturated rings. The second-order valence-electron chi connectivity index (χ2n) is 8.22. The fourth-order valence-corrected chi connectivity index (χ4v) is 31.5. The van der Waals surface area contributed by atoms with Crippen LogP contribution in [0.3, 0.4) is 0 Å². The van der Waals surface area contributed by atoms with Gasteiger partial charge in [-0.15, -0.1) is 0 Å². The standard InChI is InChI=1S/2C11H11.C3H8Si.Hf/c2*1-8-6-7-9(2)11-5-3-4-10(8)11;1-2-3-4;/h2*3-7H,1-2H3;4H,2-3H2,1H3;. The van der Waals surface area contributed by atoms with Crippen molar-refractivity contribution in [1.29, 1.82) is 0 Å². The van der Waals surface area contributed by atoms with E-state index in [1.807, 2.05) is 0 Å². The summed E-state index contributed by atoms with van der Waals surface area (Å²) in [4.78, 5) is 0. The predicted octanol–water partition coefficient (Wildman–Crippen LogP) is 6.55. The average Bonchev–Trinajstić information content (AvgIpc) is 3.29. The SMILES string of the molecule is CCC[SiH]=[Hf]([CH]1C=Cc2c(C)ccc(C)c21)[CH]1C=Cc2c(C)ccc(C)c21. The van der Waals surface area contributed by atoms with Crippen molar-refractivity contribution < 1.29 is 20.1 Å². The third-order valence-corrected chi connectivity index (χ3v) is 30.4. The van der Waals surface area contributed by atoms with Crippen LogP contribution in [0.1, 0.15) is 65.2 Å². The topological polar surface area (TPSA) is 0 Å². The summed E-state index contributed by atoms with van der Waals surface area (Å²) in [5, 5.41) is 0. The van der Waals surface area contributed by atoms with Gasteiger partial charge >= 0.3 is 174 Å². The van der Waals surface area contributed by atoms with Gasteiger partial charge in [0.1, 0.15) is 0 Å². The summed E-state index contributed by atoms with van der Waals surface area (Å²) in [5.41, 5.74) is 12.4. The Morgan fingerprint density at radius 1 is 0.741 bits per heavy atom. The van der Waals surface area contributed by atoms with Crippen molar-refractivity contribution in [3.05, 3.63) is 80.9 Å². The summed E-state index contributed by atoms with van der Waals surface area (Å²) in [6, 6.07) is 10.8. The van der Waals surface area contributed by atoms with Crippen molar-refractivity contribution in [2.75, 3.05) is 0 Å². The van der Waals surface area contributed by atoms with E-state index in [1.165, 1.54) is 34.7 Å². The van der Waals surface area contributed by atoms with Crippen LogP contribution in [0.5, 0.6) is 0 Å². The van der Waals surface area contributed by atoms with Crippen LogP contribution in [-0.2, 0) is 20.1 Å². The summed E-state index contributed by atoms with van der Waals surface area (Å²) in [7, 11) is 0. The molecule has 2 heteroatoms. The fourth-order valence-electron chi connectivity index (χ4n) is 4.87. The van der Waals surface area contributed by atoms with Crippen LogP contribution in [0, 0.1) is 27.7 Å². The van der Waals surface area contributed by atoms with E-state index in [1.54, 1.807) is 22.3 Å². The molecule has 2 aliphatic rings. The molecule has 0 bridgehead atoms. The minimum atomic E-state index is -1.95. The Morgan fingerprint density at radius 3 is 1.63 bits per heavy atom. The van der Waals surface area contributed by atoms with E-state index in [2.05, 4.69) is 83.2 Å². The summed E-state index contributed by atoms with van der Waals surface area (Å²) < 4.78 is 1.57. The quantitative estimate of drug-likeness (QED) is 0.388. The maximum atomic E-state index is 2.62. The number of rotatable bonds is 4. The molecule has 0 saturated heterocycles. The van der Waals surface area contributed by atoms with Crippen LogP contribution >= 0.6 is 0 Å². The molecule has 0 amide bonds.